The lowest BCUT2D eigenvalue weighted by Crippen LogP contribution is -2.41. The van der Waals surface area contributed by atoms with Crippen LogP contribution < -0.4 is 0 Å². The van der Waals surface area contributed by atoms with Gasteiger partial charge in [-0.1, -0.05) is 26.0 Å². The molecule has 0 saturated carbocycles. The number of allylic oxidation sites excluding steroid dienone is 2. The van der Waals surface area contributed by atoms with Crippen molar-refractivity contribution in [2.24, 2.45) is 5.92 Å². The molecule has 1 saturated heterocycles. The summed E-state index contributed by atoms with van der Waals surface area (Å²) in [5.41, 5.74) is 0.918. The van der Waals surface area contributed by atoms with Crippen LogP contribution in [0.4, 0.5) is 0 Å². The van der Waals surface area contributed by atoms with Crippen LogP contribution >= 0.6 is 0 Å². The van der Waals surface area contributed by atoms with Crippen molar-refractivity contribution in [3.8, 4) is 0 Å². The van der Waals surface area contributed by atoms with E-state index in [1.807, 2.05) is 11.0 Å². The molecule has 3 heteroatoms. The highest BCUT2D eigenvalue weighted by molar-refractivity contribution is 5.93. The van der Waals surface area contributed by atoms with E-state index in [4.69, 9.17) is 4.74 Å². The number of amides is 1. The highest BCUT2D eigenvalue weighted by Crippen LogP contribution is 2.14. The van der Waals surface area contributed by atoms with Crippen LogP contribution in [0.25, 0.3) is 0 Å². The lowest BCUT2D eigenvalue weighted by atomic mass is 10.0. The van der Waals surface area contributed by atoms with Gasteiger partial charge in [-0.05, 0) is 18.8 Å². The van der Waals surface area contributed by atoms with Crippen molar-refractivity contribution in [3.63, 3.8) is 0 Å². The molecule has 1 heterocycles. The molecule has 0 N–H and O–H groups in total. The van der Waals surface area contributed by atoms with Gasteiger partial charge in [0, 0.05) is 18.7 Å². The monoisotopic (exact) mass is 237 g/mol. The average Bonchev–Trinajstić information content (AvgIpc) is 2.34. The third kappa shape index (κ3) is 4.73. The Labute approximate surface area is 104 Å². The molecule has 1 aliphatic heterocycles. The zero-order valence-corrected chi connectivity index (χ0v) is 10.9. The first kappa shape index (κ1) is 14.0. The maximum Gasteiger partial charge on any atom is 0.249 e. The molecule has 0 aliphatic carbocycles. The van der Waals surface area contributed by atoms with Gasteiger partial charge in [0.25, 0.3) is 0 Å². The fraction of sp³-hybridized carbons (Fsp3) is 0.643. The van der Waals surface area contributed by atoms with Gasteiger partial charge in [-0.3, -0.25) is 4.79 Å². The Hall–Kier alpha value is -1.09. The van der Waals surface area contributed by atoms with E-state index in [1.165, 1.54) is 0 Å². The molecule has 0 unspecified atom stereocenters. The van der Waals surface area contributed by atoms with Gasteiger partial charge in [0.2, 0.25) is 5.91 Å². The maximum atomic E-state index is 12.3. The molecule has 1 aliphatic rings. The smallest absolute Gasteiger partial charge is 0.249 e. The quantitative estimate of drug-likeness (QED) is 0.543. The lowest BCUT2D eigenvalue weighted by molar-refractivity contribution is -0.131. The van der Waals surface area contributed by atoms with Gasteiger partial charge < -0.3 is 9.64 Å². The fourth-order valence-corrected chi connectivity index (χ4v) is 1.89. The van der Waals surface area contributed by atoms with Crippen LogP contribution in [0.5, 0.6) is 0 Å². The molecule has 0 aromatic heterocycles. The van der Waals surface area contributed by atoms with Crippen molar-refractivity contribution in [3.05, 3.63) is 24.3 Å². The van der Waals surface area contributed by atoms with Crippen LogP contribution in [-0.2, 0) is 9.53 Å². The minimum atomic E-state index is 0.170. The molecule has 96 valence electrons. The fourth-order valence-electron chi connectivity index (χ4n) is 1.89. The van der Waals surface area contributed by atoms with Crippen LogP contribution in [-0.4, -0.2) is 37.1 Å². The second-order valence-electron chi connectivity index (χ2n) is 4.67. The zero-order valence-electron chi connectivity index (χ0n) is 10.9. The van der Waals surface area contributed by atoms with Crippen LogP contribution in [0.2, 0.25) is 0 Å². The van der Waals surface area contributed by atoms with Gasteiger partial charge >= 0.3 is 0 Å². The summed E-state index contributed by atoms with van der Waals surface area (Å²) >= 11 is 0. The van der Waals surface area contributed by atoms with Crippen molar-refractivity contribution in [1.82, 2.24) is 4.90 Å². The van der Waals surface area contributed by atoms with Gasteiger partial charge in [-0.2, -0.15) is 0 Å². The topological polar surface area (TPSA) is 29.5 Å². The SMILES string of the molecule is C=CCC/C(=C/C(C)C)C(=O)N1CCOCC1. The first-order chi connectivity index (χ1) is 8.15. The Bertz CT molecular complexity index is 289. The third-order valence-electron chi connectivity index (χ3n) is 2.73. The summed E-state index contributed by atoms with van der Waals surface area (Å²) in [7, 11) is 0. The summed E-state index contributed by atoms with van der Waals surface area (Å²) in [6.45, 7) is 10.6. The lowest BCUT2D eigenvalue weighted by Gasteiger charge is -2.28. The van der Waals surface area contributed by atoms with Crippen LogP contribution in [0.1, 0.15) is 26.7 Å². The van der Waals surface area contributed by atoms with E-state index < -0.39 is 0 Å². The minimum absolute atomic E-state index is 0.170. The molecule has 0 aromatic carbocycles. The number of hydrogen-bond donors (Lipinski definition) is 0. The Morgan fingerprint density at radius 3 is 2.59 bits per heavy atom. The first-order valence-electron chi connectivity index (χ1n) is 6.33. The number of rotatable bonds is 5. The summed E-state index contributed by atoms with van der Waals surface area (Å²) in [6, 6.07) is 0. The number of carbonyl (C=O) groups is 1. The second-order valence-corrected chi connectivity index (χ2v) is 4.67. The summed E-state index contributed by atoms with van der Waals surface area (Å²) in [6.07, 6.45) is 5.58. The number of hydrogen-bond acceptors (Lipinski definition) is 2. The van der Waals surface area contributed by atoms with E-state index in [9.17, 15) is 4.79 Å². The van der Waals surface area contributed by atoms with Crippen molar-refractivity contribution in [1.29, 1.82) is 0 Å². The van der Waals surface area contributed by atoms with Gasteiger partial charge in [0.15, 0.2) is 0 Å². The Kier molecular flexibility index (Phi) is 5.98. The predicted octanol–water partition coefficient (Wildman–Crippen LogP) is 2.39. The normalized spacial score (nSPS) is 17.4. The summed E-state index contributed by atoms with van der Waals surface area (Å²) in [4.78, 5) is 14.2. The average molecular weight is 237 g/mol. The minimum Gasteiger partial charge on any atom is -0.378 e. The maximum absolute atomic E-state index is 12.3. The molecule has 0 atom stereocenters. The Morgan fingerprint density at radius 2 is 2.06 bits per heavy atom. The number of ether oxygens (including phenoxy) is 1. The van der Waals surface area contributed by atoms with E-state index in [1.54, 1.807) is 0 Å². The van der Waals surface area contributed by atoms with Crippen molar-refractivity contribution in [2.45, 2.75) is 26.7 Å². The van der Waals surface area contributed by atoms with Gasteiger partial charge in [0.1, 0.15) is 0 Å². The van der Waals surface area contributed by atoms with Gasteiger partial charge in [-0.25, -0.2) is 0 Å². The van der Waals surface area contributed by atoms with Crippen LogP contribution in [0.3, 0.4) is 0 Å². The number of morpholine rings is 1. The van der Waals surface area contributed by atoms with Crippen molar-refractivity contribution >= 4 is 5.91 Å². The van der Waals surface area contributed by atoms with E-state index >= 15 is 0 Å². The molecule has 1 amide bonds. The highest BCUT2D eigenvalue weighted by Gasteiger charge is 2.20. The van der Waals surface area contributed by atoms with Crippen LogP contribution in [0.15, 0.2) is 24.3 Å². The first-order valence-corrected chi connectivity index (χ1v) is 6.33. The number of nitrogens with zero attached hydrogens (tertiary/aromatic N) is 1. The molecule has 0 spiro atoms. The molecule has 0 bridgehead atoms. The standard InChI is InChI=1S/C14H23NO2/c1-4-5-6-13(11-12(2)3)14(16)15-7-9-17-10-8-15/h4,11-12H,1,5-10H2,2-3H3/b13-11-. The van der Waals surface area contributed by atoms with E-state index in [2.05, 4.69) is 26.5 Å². The molecule has 1 fully saturated rings. The van der Waals surface area contributed by atoms with E-state index in [0.29, 0.717) is 32.2 Å². The molecule has 0 radical (unpaired) electrons. The summed E-state index contributed by atoms with van der Waals surface area (Å²) in [5, 5.41) is 0. The molecule has 0 aromatic rings. The third-order valence-corrected chi connectivity index (χ3v) is 2.73. The van der Waals surface area contributed by atoms with E-state index in [0.717, 1.165) is 18.4 Å². The Balaban J connectivity index is 2.67. The second kappa shape index (κ2) is 7.28. The van der Waals surface area contributed by atoms with E-state index in [-0.39, 0.29) is 5.91 Å². The number of carbonyl (C=O) groups excluding carboxylic acids is 1. The summed E-state index contributed by atoms with van der Waals surface area (Å²) < 4.78 is 5.26. The largest absolute Gasteiger partial charge is 0.378 e. The van der Waals surface area contributed by atoms with Gasteiger partial charge in [-0.15, -0.1) is 6.58 Å². The van der Waals surface area contributed by atoms with Crippen LogP contribution in [0, 0.1) is 5.92 Å². The highest BCUT2D eigenvalue weighted by atomic mass is 16.5. The van der Waals surface area contributed by atoms with Crippen molar-refractivity contribution < 1.29 is 9.53 Å². The molecule has 1 rings (SSSR count). The predicted molar refractivity (Wildman–Crippen MR) is 69.8 cm³/mol. The molecular formula is C14H23NO2. The Morgan fingerprint density at radius 1 is 1.41 bits per heavy atom. The van der Waals surface area contributed by atoms with Crippen molar-refractivity contribution in [2.75, 3.05) is 26.3 Å². The molecule has 17 heavy (non-hydrogen) atoms. The van der Waals surface area contributed by atoms with Gasteiger partial charge in [0.05, 0.1) is 13.2 Å². The zero-order chi connectivity index (χ0) is 12.7. The summed E-state index contributed by atoms with van der Waals surface area (Å²) in [5.74, 6) is 0.573. The molecule has 3 nitrogen and oxygen atoms in total. The molecular weight excluding hydrogens is 214 g/mol.